The number of benzene rings is 2. The van der Waals surface area contributed by atoms with E-state index < -0.39 is 0 Å². The van der Waals surface area contributed by atoms with Crippen LogP contribution in [0.25, 0.3) is 17.7 Å². The van der Waals surface area contributed by atoms with Crippen LogP contribution in [0.2, 0.25) is 0 Å². The van der Waals surface area contributed by atoms with Gasteiger partial charge in [-0.3, -0.25) is 0 Å². The van der Waals surface area contributed by atoms with Gasteiger partial charge >= 0.3 is 0 Å². The lowest BCUT2D eigenvalue weighted by atomic mass is 9.43. The summed E-state index contributed by atoms with van der Waals surface area (Å²) >= 11 is 0. The molecular weight excluding hydrogens is 462 g/mol. The third-order valence-electron chi connectivity index (χ3n) is 9.65. The molecule has 2 aromatic carbocycles. The Bertz CT molecular complexity index is 1440. The number of aromatic hydroxyl groups is 1. The van der Waals surface area contributed by atoms with Crippen LogP contribution in [0.3, 0.4) is 0 Å². The Morgan fingerprint density at radius 1 is 1.08 bits per heavy atom. The lowest BCUT2D eigenvalue weighted by Crippen LogP contribution is -2.55. The van der Waals surface area contributed by atoms with Gasteiger partial charge in [0.15, 0.2) is 0 Å². The standard InChI is InChI=1S/C36H39NO/c1-5-10-31-22-30(14-13-27-20-28-11-8-9-12-32(28)29(21-27)15-18-37)33(23-34(31)38)35(7-3)16-17-36(35)24-26(6-2)19-25(36)4/h5,8-15,21-25,38H,6-7,16-17,19-20H2,1-4H3/b10-5+,14-13+,29-15?. The number of phenolic OH excluding ortho intramolecular Hbond substituents is 1. The second-order valence-electron chi connectivity index (χ2n) is 11.4. The molecular formula is C36H39NO. The first kappa shape index (κ1) is 26.1. The van der Waals surface area contributed by atoms with Crippen LogP contribution in [0.15, 0.2) is 77.9 Å². The van der Waals surface area contributed by atoms with Crippen molar-refractivity contribution in [2.45, 2.75) is 71.6 Å². The van der Waals surface area contributed by atoms with Gasteiger partial charge in [0, 0.05) is 22.5 Å². The zero-order valence-electron chi connectivity index (χ0n) is 23.2. The van der Waals surface area contributed by atoms with Crippen molar-refractivity contribution >= 4 is 17.7 Å². The molecule has 1 fully saturated rings. The second-order valence-corrected chi connectivity index (χ2v) is 11.4. The van der Waals surface area contributed by atoms with E-state index in [1.54, 1.807) is 11.6 Å². The molecule has 0 amide bonds. The maximum Gasteiger partial charge on any atom is 0.123 e. The Morgan fingerprint density at radius 3 is 2.55 bits per heavy atom. The molecule has 0 heterocycles. The topological polar surface area (TPSA) is 44.0 Å². The molecule has 194 valence electrons. The lowest BCUT2D eigenvalue weighted by molar-refractivity contribution is -0.00676. The first-order valence-corrected chi connectivity index (χ1v) is 14.2. The van der Waals surface area contributed by atoms with E-state index in [1.165, 1.54) is 35.1 Å². The van der Waals surface area contributed by atoms with Crippen molar-refractivity contribution in [3.8, 4) is 11.8 Å². The van der Waals surface area contributed by atoms with Crippen LogP contribution < -0.4 is 0 Å². The number of hydrogen-bond donors (Lipinski definition) is 1. The van der Waals surface area contributed by atoms with E-state index >= 15 is 0 Å². The average Bonchev–Trinajstić information content (AvgIpc) is 3.28. The van der Waals surface area contributed by atoms with Crippen LogP contribution >= 0.6 is 0 Å². The summed E-state index contributed by atoms with van der Waals surface area (Å²) in [5.41, 5.74) is 9.63. The van der Waals surface area contributed by atoms with Crippen molar-refractivity contribution in [3.05, 3.63) is 106 Å². The Morgan fingerprint density at radius 2 is 1.89 bits per heavy atom. The average molecular weight is 502 g/mol. The molecule has 3 aliphatic carbocycles. The summed E-state index contributed by atoms with van der Waals surface area (Å²) in [6.07, 6.45) is 21.4. The fourth-order valence-corrected chi connectivity index (χ4v) is 7.60. The van der Waals surface area contributed by atoms with Crippen LogP contribution in [-0.2, 0) is 11.8 Å². The fourth-order valence-electron chi connectivity index (χ4n) is 7.60. The molecule has 0 aromatic heterocycles. The maximum absolute atomic E-state index is 11.1. The zero-order valence-corrected chi connectivity index (χ0v) is 23.2. The highest BCUT2D eigenvalue weighted by Crippen LogP contribution is 2.68. The highest BCUT2D eigenvalue weighted by molar-refractivity contribution is 5.82. The summed E-state index contributed by atoms with van der Waals surface area (Å²) in [7, 11) is 0. The summed E-state index contributed by atoms with van der Waals surface area (Å²) in [6.45, 7) is 9.03. The van der Waals surface area contributed by atoms with E-state index in [0.717, 1.165) is 42.4 Å². The van der Waals surface area contributed by atoms with Crippen molar-refractivity contribution < 1.29 is 5.11 Å². The van der Waals surface area contributed by atoms with E-state index in [4.69, 9.17) is 0 Å². The minimum absolute atomic E-state index is 0.0222. The van der Waals surface area contributed by atoms with Gasteiger partial charge in [-0.15, -0.1) is 0 Å². The summed E-state index contributed by atoms with van der Waals surface area (Å²) in [5.74, 6) is 0.970. The molecule has 1 saturated carbocycles. The van der Waals surface area contributed by atoms with Crippen LogP contribution in [0.5, 0.6) is 5.75 Å². The predicted molar refractivity (Wildman–Crippen MR) is 159 cm³/mol. The van der Waals surface area contributed by atoms with Gasteiger partial charge in [-0.25, -0.2) is 0 Å². The first-order chi connectivity index (χ1) is 18.4. The summed E-state index contributed by atoms with van der Waals surface area (Å²) in [5, 5.41) is 20.5. The van der Waals surface area contributed by atoms with Gasteiger partial charge in [-0.05, 0) is 96.9 Å². The monoisotopic (exact) mass is 501 g/mol. The Hall–Kier alpha value is -3.57. The van der Waals surface area contributed by atoms with Gasteiger partial charge in [0.1, 0.15) is 5.75 Å². The number of nitriles is 1. The molecule has 1 spiro atoms. The molecule has 0 saturated heterocycles. The van der Waals surface area contributed by atoms with E-state index in [0.29, 0.717) is 11.7 Å². The van der Waals surface area contributed by atoms with Gasteiger partial charge in [-0.2, -0.15) is 5.26 Å². The fraction of sp³-hybridized carbons (Fsp3) is 0.361. The number of rotatable bonds is 6. The highest BCUT2D eigenvalue weighted by Gasteiger charge is 2.61. The predicted octanol–water partition coefficient (Wildman–Crippen LogP) is 9.33. The molecule has 0 bridgehead atoms. The molecule has 5 rings (SSSR count). The zero-order chi connectivity index (χ0) is 26.9. The van der Waals surface area contributed by atoms with Gasteiger partial charge in [-0.1, -0.05) is 87.1 Å². The number of phenols is 1. The SMILES string of the molecule is C/C=C/c1cc(/C=C/C2=CC(=CC#N)c3ccccc3C2)c(C2(CC)CCC23C=C(CC)CC3C)cc1O. The van der Waals surface area contributed by atoms with Crippen LogP contribution in [-0.4, -0.2) is 5.11 Å². The van der Waals surface area contributed by atoms with Gasteiger partial charge in [0.2, 0.25) is 0 Å². The largest absolute Gasteiger partial charge is 0.507 e. The van der Waals surface area contributed by atoms with Crippen molar-refractivity contribution in [2.24, 2.45) is 11.3 Å². The molecule has 0 aliphatic heterocycles. The smallest absolute Gasteiger partial charge is 0.123 e. The molecule has 2 heteroatoms. The maximum atomic E-state index is 11.1. The van der Waals surface area contributed by atoms with Crippen molar-refractivity contribution in [1.82, 2.24) is 0 Å². The minimum atomic E-state index is 0.0222. The first-order valence-electron chi connectivity index (χ1n) is 14.2. The van der Waals surface area contributed by atoms with Gasteiger partial charge < -0.3 is 5.11 Å². The van der Waals surface area contributed by atoms with Crippen molar-refractivity contribution in [1.29, 1.82) is 5.26 Å². The normalized spacial score (nSPS) is 27.4. The summed E-state index contributed by atoms with van der Waals surface area (Å²) in [4.78, 5) is 0. The summed E-state index contributed by atoms with van der Waals surface area (Å²) < 4.78 is 0. The molecule has 2 aromatic rings. The van der Waals surface area contributed by atoms with E-state index in [-0.39, 0.29) is 10.8 Å². The molecule has 0 radical (unpaired) electrons. The molecule has 3 unspecified atom stereocenters. The van der Waals surface area contributed by atoms with Crippen LogP contribution in [0, 0.1) is 22.7 Å². The molecule has 38 heavy (non-hydrogen) atoms. The number of allylic oxidation sites excluding steroid dienone is 8. The molecule has 2 nitrogen and oxygen atoms in total. The minimum Gasteiger partial charge on any atom is -0.507 e. The Balaban J connectivity index is 1.62. The number of nitrogens with zero attached hydrogens (tertiary/aromatic N) is 1. The molecule has 3 aliphatic rings. The molecule has 3 atom stereocenters. The van der Waals surface area contributed by atoms with E-state index in [1.807, 2.05) is 25.1 Å². The van der Waals surface area contributed by atoms with E-state index in [9.17, 15) is 10.4 Å². The third-order valence-corrected chi connectivity index (χ3v) is 9.65. The van der Waals surface area contributed by atoms with Crippen LogP contribution in [0.1, 0.15) is 87.6 Å². The van der Waals surface area contributed by atoms with Crippen molar-refractivity contribution in [3.63, 3.8) is 0 Å². The second kappa shape index (κ2) is 10.3. The van der Waals surface area contributed by atoms with Gasteiger partial charge in [0.25, 0.3) is 0 Å². The Kier molecular flexibility index (Phi) is 7.06. The number of hydrogen-bond acceptors (Lipinski definition) is 2. The Labute approximate surface area is 228 Å². The van der Waals surface area contributed by atoms with Crippen LogP contribution in [0.4, 0.5) is 0 Å². The lowest BCUT2D eigenvalue weighted by Gasteiger charge is -2.61. The summed E-state index contributed by atoms with van der Waals surface area (Å²) in [6, 6.07) is 14.8. The van der Waals surface area contributed by atoms with Crippen molar-refractivity contribution in [2.75, 3.05) is 0 Å². The molecule has 1 N–H and O–H groups in total. The highest BCUT2D eigenvalue weighted by atomic mass is 16.3. The third kappa shape index (κ3) is 4.10. The quantitative estimate of drug-likeness (QED) is 0.316. The number of fused-ring (bicyclic) bond motifs is 1. The van der Waals surface area contributed by atoms with Gasteiger partial charge in [0.05, 0.1) is 6.07 Å². The van der Waals surface area contributed by atoms with E-state index in [2.05, 4.69) is 81.5 Å².